The van der Waals surface area contributed by atoms with Crippen LogP contribution in [0.5, 0.6) is 0 Å². The van der Waals surface area contributed by atoms with E-state index in [0.29, 0.717) is 6.54 Å². The molecule has 6 heteroatoms. The quantitative estimate of drug-likeness (QED) is 0.586. The number of benzene rings is 2. The second-order valence-electron chi connectivity index (χ2n) is 8.40. The summed E-state index contributed by atoms with van der Waals surface area (Å²) >= 11 is 0. The third kappa shape index (κ3) is 4.31. The summed E-state index contributed by atoms with van der Waals surface area (Å²) in [6.07, 6.45) is -4.47. The molecule has 1 N–H and O–H groups in total. The van der Waals surface area contributed by atoms with Gasteiger partial charge in [-0.1, -0.05) is 39.0 Å². The molecule has 2 aromatic carbocycles. The zero-order valence-corrected chi connectivity index (χ0v) is 16.9. The van der Waals surface area contributed by atoms with Crippen LogP contribution in [0.4, 0.5) is 13.2 Å². The maximum absolute atomic E-state index is 12.8. The van der Waals surface area contributed by atoms with E-state index in [9.17, 15) is 23.1 Å². The Morgan fingerprint density at radius 3 is 2.10 bits per heavy atom. The highest BCUT2D eigenvalue weighted by atomic mass is 19.4. The van der Waals surface area contributed by atoms with Gasteiger partial charge in [0, 0.05) is 23.1 Å². The summed E-state index contributed by atoms with van der Waals surface area (Å²) in [6, 6.07) is 11.1. The van der Waals surface area contributed by atoms with E-state index in [1.165, 1.54) is 12.1 Å². The molecule has 154 valence electrons. The summed E-state index contributed by atoms with van der Waals surface area (Å²) in [6.45, 7) is 8.51. The van der Waals surface area contributed by atoms with E-state index in [2.05, 4.69) is 20.8 Å². The molecule has 0 aliphatic carbocycles. The normalized spacial score (nSPS) is 12.5. The molecule has 29 heavy (non-hydrogen) atoms. The van der Waals surface area contributed by atoms with E-state index in [1.54, 1.807) is 0 Å². The van der Waals surface area contributed by atoms with Crippen LogP contribution in [0.15, 0.2) is 42.5 Å². The van der Waals surface area contributed by atoms with Gasteiger partial charge in [-0.3, -0.25) is 4.79 Å². The molecular formula is C23H24F3NO2. The molecular weight excluding hydrogens is 379 g/mol. The lowest BCUT2D eigenvalue weighted by Gasteiger charge is -2.19. The van der Waals surface area contributed by atoms with Crippen molar-refractivity contribution in [3.63, 3.8) is 0 Å². The van der Waals surface area contributed by atoms with Crippen LogP contribution in [0.1, 0.15) is 48.7 Å². The summed E-state index contributed by atoms with van der Waals surface area (Å²) in [5.41, 5.74) is 3.49. The Morgan fingerprint density at radius 1 is 1.00 bits per heavy atom. The van der Waals surface area contributed by atoms with Crippen LogP contribution in [0.25, 0.3) is 10.9 Å². The lowest BCUT2D eigenvalue weighted by molar-refractivity contribution is -0.138. The fourth-order valence-corrected chi connectivity index (χ4v) is 3.58. The second kappa shape index (κ2) is 7.25. The molecule has 3 aromatic rings. The van der Waals surface area contributed by atoms with E-state index in [4.69, 9.17) is 0 Å². The van der Waals surface area contributed by atoms with Crippen molar-refractivity contribution in [3.8, 4) is 0 Å². The third-order valence-corrected chi connectivity index (χ3v) is 5.27. The predicted octanol–water partition coefficient (Wildman–Crippen LogP) is 5.94. The summed E-state index contributed by atoms with van der Waals surface area (Å²) < 4.78 is 40.4. The van der Waals surface area contributed by atoms with Crippen molar-refractivity contribution in [2.24, 2.45) is 0 Å². The van der Waals surface area contributed by atoms with Gasteiger partial charge in [-0.2, -0.15) is 13.2 Å². The monoisotopic (exact) mass is 403 g/mol. The molecule has 0 saturated carbocycles. The highest BCUT2D eigenvalue weighted by Crippen LogP contribution is 2.33. The maximum atomic E-state index is 12.8. The number of halogens is 3. The largest absolute Gasteiger partial charge is 0.481 e. The van der Waals surface area contributed by atoms with Crippen LogP contribution >= 0.6 is 0 Å². The van der Waals surface area contributed by atoms with Gasteiger partial charge in [-0.05, 0) is 53.3 Å². The topological polar surface area (TPSA) is 42.2 Å². The number of hydrogen-bond donors (Lipinski definition) is 1. The average molecular weight is 403 g/mol. The summed E-state index contributed by atoms with van der Waals surface area (Å²) in [4.78, 5) is 11.4. The minimum absolute atomic E-state index is 0.0852. The second-order valence-corrected chi connectivity index (χ2v) is 8.40. The third-order valence-electron chi connectivity index (χ3n) is 5.27. The smallest absolute Gasteiger partial charge is 0.416 e. The molecule has 3 rings (SSSR count). The first-order chi connectivity index (χ1) is 13.4. The molecule has 0 bridgehead atoms. The van der Waals surface area contributed by atoms with Crippen LogP contribution in [-0.2, 0) is 29.4 Å². The summed E-state index contributed by atoms with van der Waals surface area (Å²) in [7, 11) is 0. The maximum Gasteiger partial charge on any atom is 0.416 e. The SMILES string of the molecule is Cc1c(CC(=O)O)c2cc(C(C)(C)C)ccc2n1Cc1ccc(C(F)(F)F)cc1. The Morgan fingerprint density at radius 2 is 1.59 bits per heavy atom. The first kappa shape index (κ1) is 21.0. The molecule has 1 aromatic heterocycles. The van der Waals surface area contributed by atoms with Gasteiger partial charge in [-0.25, -0.2) is 0 Å². The van der Waals surface area contributed by atoms with Gasteiger partial charge in [0.2, 0.25) is 0 Å². The van der Waals surface area contributed by atoms with Gasteiger partial charge in [-0.15, -0.1) is 0 Å². The molecule has 1 heterocycles. The molecule has 0 aliphatic rings. The molecule has 0 unspecified atom stereocenters. The summed E-state index contributed by atoms with van der Waals surface area (Å²) in [5.74, 6) is -0.914. The van der Waals surface area contributed by atoms with Crippen molar-refractivity contribution >= 4 is 16.9 Å². The van der Waals surface area contributed by atoms with Crippen molar-refractivity contribution in [1.29, 1.82) is 0 Å². The Bertz CT molecular complexity index is 1050. The van der Waals surface area contributed by atoms with Crippen molar-refractivity contribution in [2.75, 3.05) is 0 Å². The first-order valence-corrected chi connectivity index (χ1v) is 9.38. The molecule has 0 radical (unpaired) electrons. The number of fused-ring (bicyclic) bond motifs is 1. The zero-order chi connectivity index (χ0) is 21.6. The zero-order valence-electron chi connectivity index (χ0n) is 16.9. The highest BCUT2D eigenvalue weighted by Gasteiger charge is 2.30. The number of aromatic nitrogens is 1. The number of aliphatic carboxylic acids is 1. The standard InChI is InChI=1S/C23H24F3NO2/c1-14-18(12-21(28)29)19-11-17(22(2,3)4)9-10-20(19)27(14)13-15-5-7-16(8-6-15)23(24,25)26/h5-11H,12-13H2,1-4H3,(H,28,29). The molecule has 0 amide bonds. The number of alkyl halides is 3. The number of hydrogen-bond acceptors (Lipinski definition) is 1. The lowest BCUT2D eigenvalue weighted by Crippen LogP contribution is -2.10. The van der Waals surface area contributed by atoms with Gasteiger partial charge in [0.25, 0.3) is 0 Å². The van der Waals surface area contributed by atoms with E-state index < -0.39 is 17.7 Å². The minimum Gasteiger partial charge on any atom is -0.481 e. The minimum atomic E-state index is -4.37. The molecule has 0 saturated heterocycles. The lowest BCUT2D eigenvalue weighted by atomic mass is 9.86. The summed E-state index contributed by atoms with van der Waals surface area (Å²) in [5, 5.41) is 10.2. The number of carboxylic acids is 1. The number of rotatable bonds is 4. The molecule has 0 aliphatic heterocycles. The van der Waals surface area contributed by atoms with Crippen molar-refractivity contribution < 1.29 is 23.1 Å². The Hall–Kier alpha value is -2.76. The Kier molecular flexibility index (Phi) is 5.24. The average Bonchev–Trinajstić information content (AvgIpc) is 2.85. The van der Waals surface area contributed by atoms with Gasteiger partial charge in [0.05, 0.1) is 12.0 Å². The number of carboxylic acid groups (broad SMARTS) is 1. The van der Waals surface area contributed by atoms with Gasteiger partial charge >= 0.3 is 12.1 Å². The van der Waals surface area contributed by atoms with Gasteiger partial charge in [0.15, 0.2) is 0 Å². The fourth-order valence-electron chi connectivity index (χ4n) is 3.58. The van der Waals surface area contributed by atoms with Crippen molar-refractivity contribution in [3.05, 3.63) is 70.4 Å². The number of carbonyl (C=O) groups is 1. The van der Waals surface area contributed by atoms with Crippen LogP contribution in [-0.4, -0.2) is 15.6 Å². The molecule has 3 nitrogen and oxygen atoms in total. The van der Waals surface area contributed by atoms with Crippen LogP contribution in [0.3, 0.4) is 0 Å². The van der Waals surface area contributed by atoms with E-state index in [1.807, 2.05) is 29.7 Å². The molecule has 0 fully saturated rings. The van der Waals surface area contributed by atoms with Crippen LogP contribution in [0.2, 0.25) is 0 Å². The highest BCUT2D eigenvalue weighted by molar-refractivity contribution is 5.90. The van der Waals surface area contributed by atoms with Crippen LogP contribution < -0.4 is 0 Å². The number of nitrogens with zero attached hydrogens (tertiary/aromatic N) is 1. The molecule has 0 atom stereocenters. The predicted molar refractivity (Wildman–Crippen MR) is 107 cm³/mol. The van der Waals surface area contributed by atoms with E-state index in [-0.39, 0.29) is 11.8 Å². The fraction of sp³-hybridized carbons (Fsp3) is 0.348. The van der Waals surface area contributed by atoms with E-state index in [0.717, 1.165) is 45.4 Å². The van der Waals surface area contributed by atoms with Crippen LogP contribution in [0, 0.1) is 6.92 Å². The van der Waals surface area contributed by atoms with Gasteiger partial charge in [0.1, 0.15) is 0 Å². The Labute approximate surface area is 167 Å². The first-order valence-electron chi connectivity index (χ1n) is 9.38. The Balaban J connectivity index is 2.10. The van der Waals surface area contributed by atoms with Gasteiger partial charge < -0.3 is 9.67 Å². The van der Waals surface area contributed by atoms with E-state index >= 15 is 0 Å². The van der Waals surface area contributed by atoms with Crippen molar-refractivity contribution in [2.45, 2.75) is 52.3 Å². The molecule has 0 spiro atoms. The van der Waals surface area contributed by atoms with Crippen molar-refractivity contribution in [1.82, 2.24) is 4.57 Å².